The lowest BCUT2D eigenvalue weighted by Crippen LogP contribution is -2.36. The molecule has 2 aromatic carbocycles. The molecule has 1 aliphatic rings. The zero-order chi connectivity index (χ0) is 27.4. The molecule has 4 rings (SSSR count). The second-order valence-corrected chi connectivity index (χ2v) is 8.93. The Kier molecular flexibility index (Phi) is 7.78. The van der Waals surface area contributed by atoms with Gasteiger partial charge >= 0.3 is 18.1 Å². The average molecular weight is 528 g/mol. The molecule has 0 radical (unpaired) electrons. The standard InChI is InChI=1S/C26H23F3N4O5/c1-15(2)36-21-6-5-19(12-20(21)13-30)24-31-23(32-38-24)18-4-3-16-7-9-33(10-8-17(16)11-18)14-22(34)37-25(35)26(27,28)29/h3-6,11-12,15H,7-10,14H2,1-2H3. The number of carbonyl (C=O) groups is 2. The smallest absolute Gasteiger partial charge is 0.490 e. The number of rotatable bonds is 6. The fraction of sp³-hybridized carbons (Fsp3) is 0.346. The summed E-state index contributed by atoms with van der Waals surface area (Å²) in [6.07, 6.45) is -4.25. The fourth-order valence-corrected chi connectivity index (χ4v) is 4.01. The number of alkyl halides is 3. The van der Waals surface area contributed by atoms with E-state index in [9.17, 15) is 28.0 Å². The summed E-state index contributed by atoms with van der Waals surface area (Å²) in [5.74, 6) is -2.72. The van der Waals surface area contributed by atoms with Gasteiger partial charge in [0.2, 0.25) is 5.82 Å². The predicted molar refractivity (Wildman–Crippen MR) is 127 cm³/mol. The van der Waals surface area contributed by atoms with E-state index in [0.29, 0.717) is 54.2 Å². The zero-order valence-corrected chi connectivity index (χ0v) is 20.5. The molecule has 1 aromatic heterocycles. The maximum atomic E-state index is 12.3. The summed E-state index contributed by atoms with van der Waals surface area (Å²) in [5, 5.41) is 13.5. The molecule has 0 unspecified atom stereocenters. The maximum Gasteiger partial charge on any atom is 0.491 e. The molecule has 0 saturated carbocycles. The minimum absolute atomic E-state index is 0.0874. The molecule has 0 aliphatic carbocycles. The number of halogens is 3. The second kappa shape index (κ2) is 11.0. The Labute approximate surface area is 215 Å². The van der Waals surface area contributed by atoms with Crippen LogP contribution in [-0.2, 0) is 27.2 Å². The van der Waals surface area contributed by atoms with E-state index in [1.54, 1.807) is 23.1 Å². The summed E-state index contributed by atoms with van der Waals surface area (Å²) >= 11 is 0. The van der Waals surface area contributed by atoms with Gasteiger partial charge in [-0.3, -0.25) is 9.69 Å². The van der Waals surface area contributed by atoms with Crippen molar-refractivity contribution < 1.29 is 36.8 Å². The highest BCUT2D eigenvalue weighted by Crippen LogP contribution is 2.29. The van der Waals surface area contributed by atoms with E-state index in [4.69, 9.17) is 9.26 Å². The van der Waals surface area contributed by atoms with Crippen molar-refractivity contribution in [1.82, 2.24) is 15.0 Å². The summed E-state index contributed by atoms with van der Waals surface area (Å²) in [7, 11) is 0. The van der Waals surface area contributed by atoms with Crippen LogP contribution >= 0.6 is 0 Å². The molecule has 9 nitrogen and oxygen atoms in total. The van der Waals surface area contributed by atoms with Gasteiger partial charge in [-0.2, -0.15) is 23.4 Å². The van der Waals surface area contributed by atoms with Crippen molar-refractivity contribution in [2.75, 3.05) is 19.6 Å². The monoisotopic (exact) mass is 528 g/mol. The van der Waals surface area contributed by atoms with Crippen molar-refractivity contribution in [3.8, 4) is 34.7 Å². The molecule has 0 fully saturated rings. The van der Waals surface area contributed by atoms with E-state index in [1.807, 2.05) is 32.0 Å². The molecule has 0 spiro atoms. The first-order valence-electron chi connectivity index (χ1n) is 11.7. The molecule has 0 atom stereocenters. The Morgan fingerprint density at radius 3 is 2.50 bits per heavy atom. The largest absolute Gasteiger partial charge is 0.491 e. The highest BCUT2D eigenvalue weighted by atomic mass is 19.4. The maximum absolute atomic E-state index is 12.3. The first-order valence-corrected chi connectivity index (χ1v) is 11.7. The summed E-state index contributed by atoms with van der Waals surface area (Å²) in [6, 6.07) is 12.8. The number of hydrogen-bond acceptors (Lipinski definition) is 9. The zero-order valence-electron chi connectivity index (χ0n) is 20.5. The van der Waals surface area contributed by atoms with Gasteiger partial charge < -0.3 is 14.0 Å². The van der Waals surface area contributed by atoms with E-state index in [0.717, 1.165) is 11.1 Å². The van der Waals surface area contributed by atoms with Gasteiger partial charge in [-0.1, -0.05) is 17.3 Å². The van der Waals surface area contributed by atoms with Crippen LogP contribution < -0.4 is 4.74 Å². The van der Waals surface area contributed by atoms with Crippen LogP contribution in [-0.4, -0.2) is 58.9 Å². The van der Waals surface area contributed by atoms with Gasteiger partial charge in [0, 0.05) is 24.2 Å². The second-order valence-electron chi connectivity index (χ2n) is 8.93. The quantitative estimate of drug-likeness (QED) is 0.344. The summed E-state index contributed by atoms with van der Waals surface area (Å²) in [4.78, 5) is 28.8. The van der Waals surface area contributed by atoms with Gasteiger partial charge in [0.05, 0.1) is 18.2 Å². The van der Waals surface area contributed by atoms with Crippen LogP contribution in [0, 0.1) is 11.3 Å². The lowest BCUT2D eigenvalue weighted by molar-refractivity contribution is -0.202. The van der Waals surface area contributed by atoms with Crippen LogP contribution in [0.25, 0.3) is 22.8 Å². The highest BCUT2D eigenvalue weighted by molar-refractivity contribution is 5.89. The molecule has 1 aliphatic heterocycles. The number of fused-ring (bicyclic) bond motifs is 1. The van der Waals surface area contributed by atoms with Gasteiger partial charge in [0.25, 0.3) is 5.89 Å². The number of nitrogens with zero attached hydrogens (tertiary/aromatic N) is 4. The van der Waals surface area contributed by atoms with Crippen molar-refractivity contribution in [1.29, 1.82) is 5.26 Å². The first-order chi connectivity index (χ1) is 18.0. The first kappa shape index (κ1) is 26.8. The Hall–Kier alpha value is -4.24. The summed E-state index contributed by atoms with van der Waals surface area (Å²) in [6.45, 7) is 4.09. The Morgan fingerprint density at radius 1 is 1.11 bits per heavy atom. The SMILES string of the molecule is CC(C)Oc1ccc(-c2nc(-c3ccc4c(c3)CCN(CC(=O)OC(=O)C(F)(F)F)CC4)no2)cc1C#N. The van der Waals surface area contributed by atoms with Crippen LogP contribution in [0.15, 0.2) is 40.9 Å². The van der Waals surface area contributed by atoms with Gasteiger partial charge in [-0.05, 0) is 62.1 Å². The van der Waals surface area contributed by atoms with E-state index in [2.05, 4.69) is 20.9 Å². The number of esters is 2. The molecule has 198 valence electrons. The van der Waals surface area contributed by atoms with Crippen LogP contribution in [0.1, 0.15) is 30.5 Å². The third kappa shape index (κ3) is 6.36. The molecule has 2 heterocycles. The number of aromatic nitrogens is 2. The van der Waals surface area contributed by atoms with Crippen LogP contribution in [0.2, 0.25) is 0 Å². The molecular formula is C26H23F3N4O5. The van der Waals surface area contributed by atoms with E-state index < -0.39 is 24.7 Å². The number of nitriles is 1. The number of benzene rings is 2. The van der Waals surface area contributed by atoms with Crippen LogP contribution in [0.4, 0.5) is 13.2 Å². The lowest BCUT2D eigenvalue weighted by Gasteiger charge is -2.18. The number of carbonyl (C=O) groups excluding carboxylic acids is 2. The molecule has 38 heavy (non-hydrogen) atoms. The summed E-state index contributed by atoms with van der Waals surface area (Å²) < 4.78 is 51.9. The third-order valence-corrected chi connectivity index (χ3v) is 5.79. The van der Waals surface area contributed by atoms with Crippen molar-refractivity contribution in [2.24, 2.45) is 0 Å². The third-order valence-electron chi connectivity index (χ3n) is 5.79. The Balaban J connectivity index is 1.45. The van der Waals surface area contributed by atoms with Crippen molar-refractivity contribution in [2.45, 2.75) is 39.0 Å². The van der Waals surface area contributed by atoms with Crippen molar-refractivity contribution >= 4 is 11.9 Å². The average Bonchev–Trinajstić information content (AvgIpc) is 3.27. The van der Waals surface area contributed by atoms with Gasteiger partial charge in [0.15, 0.2) is 0 Å². The van der Waals surface area contributed by atoms with E-state index >= 15 is 0 Å². The van der Waals surface area contributed by atoms with E-state index in [-0.39, 0.29) is 12.0 Å². The Bertz CT molecular complexity index is 1390. The van der Waals surface area contributed by atoms with Crippen LogP contribution in [0.5, 0.6) is 5.75 Å². The molecule has 0 N–H and O–H groups in total. The Morgan fingerprint density at radius 2 is 1.82 bits per heavy atom. The molecule has 0 amide bonds. The van der Waals surface area contributed by atoms with Gasteiger partial charge in [0.1, 0.15) is 11.8 Å². The number of ether oxygens (including phenoxy) is 2. The highest BCUT2D eigenvalue weighted by Gasteiger charge is 2.42. The van der Waals surface area contributed by atoms with Gasteiger partial charge in [-0.25, -0.2) is 4.79 Å². The molecular weight excluding hydrogens is 505 g/mol. The van der Waals surface area contributed by atoms with Crippen molar-refractivity contribution in [3.05, 3.63) is 53.1 Å². The van der Waals surface area contributed by atoms with Crippen LogP contribution in [0.3, 0.4) is 0 Å². The van der Waals surface area contributed by atoms with E-state index in [1.165, 1.54) is 0 Å². The fourth-order valence-electron chi connectivity index (χ4n) is 4.01. The number of hydrogen-bond donors (Lipinski definition) is 0. The minimum atomic E-state index is -5.22. The molecule has 3 aromatic rings. The molecule has 0 bridgehead atoms. The minimum Gasteiger partial charge on any atom is -0.490 e. The molecule has 12 heteroatoms. The lowest BCUT2D eigenvalue weighted by atomic mass is 10.00. The van der Waals surface area contributed by atoms with Gasteiger partial charge in [-0.15, -0.1) is 0 Å². The predicted octanol–water partition coefficient (Wildman–Crippen LogP) is 4.10. The topological polar surface area (TPSA) is 119 Å². The normalized spacial score (nSPS) is 13.9. The molecule has 0 saturated heterocycles. The van der Waals surface area contributed by atoms with Crippen molar-refractivity contribution in [3.63, 3.8) is 0 Å². The summed E-state index contributed by atoms with van der Waals surface area (Å²) in [5.41, 5.74) is 3.59.